The Morgan fingerprint density at radius 1 is 0.783 bits per heavy atom. The number of halogens is 1. The van der Waals surface area contributed by atoms with Crippen LogP contribution in [0, 0.1) is 0 Å². The maximum absolute atomic E-state index is 15.0. The minimum absolute atomic E-state index is 0.000396. The number of ether oxygens (including phenoxy) is 2. The number of unbranched alkanes of at least 4 members (excludes halogenated alkanes) is 9. The lowest BCUT2D eigenvalue weighted by Crippen LogP contribution is -2.39. The molecule has 0 saturated carbocycles. The van der Waals surface area contributed by atoms with Crippen LogP contribution < -0.4 is 20.5 Å². The van der Waals surface area contributed by atoms with E-state index in [0.29, 0.717) is 28.8 Å². The number of benzene rings is 4. The number of nitrogens with one attached hydrogen (secondary N) is 2. The van der Waals surface area contributed by atoms with Gasteiger partial charge < -0.3 is 24.9 Å². The molecule has 0 saturated heterocycles. The molecule has 1 amide bonds. The van der Waals surface area contributed by atoms with E-state index in [1.165, 1.54) is 55.6 Å². The zero-order chi connectivity index (χ0) is 42.3. The van der Waals surface area contributed by atoms with Crippen LogP contribution in [0.3, 0.4) is 0 Å². The molecule has 12 heteroatoms. The van der Waals surface area contributed by atoms with Gasteiger partial charge in [-0.05, 0) is 37.1 Å². The standard InChI is InChI=1S/C48H54ClN5O6/c1-3-5-6-7-8-9-10-11-12-22-31-60-39-30-29-37(49)32-38(39)50-45(56)42(54-46(57)47(59-4-2)53(48(54)58)33-34-23-16-13-17-24-34)43(55)44-51-40(35-25-18-14-19-26-35)41(52-44)36-27-20-15-21-28-36/h13-21,23-30,32,42,57H,3-12,22,31,33H2,1-2H3,(H,50,56)(H,51,52). The summed E-state index contributed by atoms with van der Waals surface area (Å²) in [6.07, 6.45) is 11.8. The third kappa shape index (κ3) is 10.9. The van der Waals surface area contributed by atoms with Crippen LogP contribution >= 0.6 is 11.6 Å². The van der Waals surface area contributed by atoms with Crippen molar-refractivity contribution in [3.63, 3.8) is 0 Å². The molecule has 1 unspecified atom stereocenters. The zero-order valence-corrected chi connectivity index (χ0v) is 35.1. The molecule has 3 N–H and O–H groups in total. The number of aromatic hydroxyl groups is 1. The molecule has 0 aliphatic heterocycles. The largest absolute Gasteiger partial charge is 0.491 e. The second-order valence-electron chi connectivity index (χ2n) is 14.8. The highest BCUT2D eigenvalue weighted by Gasteiger charge is 2.39. The highest BCUT2D eigenvalue weighted by atomic mass is 35.5. The van der Waals surface area contributed by atoms with E-state index in [-0.39, 0.29) is 30.5 Å². The van der Waals surface area contributed by atoms with Crippen molar-refractivity contribution in [2.45, 2.75) is 90.6 Å². The predicted molar refractivity (Wildman–Crippen MR) is 237 cm³/mol. The molecule has 0 bridgehead atoms. The van der Waals surface area contributed by atoms with Crippen LogP contribution in [0.5, 0.6) is 17.5 Å². The smallest absolute Gasteiger partial charge is 0.335 e. The van der Waals surface area contributed by atoms with E-state index in [0.717, 1.165) is 40.5 Å². The lowest BCUT2D eigenvalue weighted by molar-refractivity contribution is -0.118. The van der Waals surface area contributed by atoms with Gasteiger partial charge in [-0.1, -0.05) is 167 Å². The van der Waals surface area contributed by atoms with Crippen LogP contribution in [0.4, 0.5) is 5.69 Å². The Kier molecular flexibility index (Phi) is 15.8. The van der Waals surface area contributed by atoms with E-state index in [1.54, 1.807) is 19.1 Å². The first-order valence-electron chi connectivity index (χ1n) is 21.0. The summed E-state index contributed by atoms with van der Waals surface area (Å²) in [5.74, 6) is -2.53. The van der Waals surface area contributed by atoms with Crippen LogP contribution in [0.15, 0.2) is 114 Å². The minimum Gasteiger partial charge on any atom is -0.491 e. The van der Waals surface area contributed by atoms with Crippen molar-refractivity contribution < 1.29 is 24.2 Å². The first-order valence-corrected chi connectivity index (χ1v) is 21.4. The number of aromatic nitrogens is 4. The molecule has 60 heavy (non-hydrogen) atoms. The van der Waals surface area contributed by atoms with Crippen molar-refractivity contribution in [1.82, 2.24) is 19.1 Å². The van der Waals surface area contributed by atoms with Gasteiger partial charge in [0.15, 0.2) is 11.9 Å². The van der Waals surface area contributed by atoms with Gasteiger partial charge in [0.25, 0.3) is 17.7 Å². The Morgan fingerprint density at radius 2 is 1.38 bits per heavy atom. The van der Waals surface area contributed by atoms with Crippen molar-refractivity contribution in [3.8, 4) is 40.0 Å². The first kappa shape index (κ1) is 43.5. The summed E-state index contributed by atoms with van der Waals surface area (Å²) in [7, 11) is 0. The second kappa shape index (κ2) is 21.8. The van der Waals surface area contributed by atoms with Crippen molar-refractivity contribution in [2.24, 2.45) is 0 Å². The molecule has 0 spiro atoms. The second-order valence-corrected chi connectivity index (χ2v) is 15.2. The summed E-state index contributed by atoms with van der Waals surface area (Å²) < 4.78 is 13.9. The number of carbonyl (C=O) groups excluding carboxylic acids is 2. The highest BCUT2D eigenvalue weighted by Crippen LogP contribution is 2.35. The monoisotopic (exact) mass is 831 g/mol. The Morgan fingerprint density at radius 3 is 2.02 bits per heavy atom. The van der Waals surface area contributed by atoms with Gasteiger partial charge in [-0.3, -0.25) is 14.2 Å². The van der Waals surface area contributed by atoms with Gasteiger partial charge in [0, 0.05) is 16.1 Å². The van der Waals surface area contributed by atoms with Gasteiger partial charge in [0.1, 0.15) is 5.75 Å². The Labute approximate surface area is 356 Å². The van der Waals surface area contributed by atoms with Gasteiger partial charge in [-0.2, -0.15) is 0 Å². The topological polar surface area (TPSA) is 140 Å². The molecule has 6 aromatic rings. The minimum atomic E-state index is -1.96. The molecule has 4 aromatic carbocycles. The summed E-state index contributed by atoms with van der Waals surface area (Å²) in [5.41, 5.74) is 2.58. The van der Waals surface area contributed by atoms with Crippen molar-refractivity contribution >= 4 is 29.0 Å². The van der Waals surface area contributed by atoms with E-state index in [4.69, 9.17) is 26.1 Å². The molecule has 314 valence electrons. The Hall–Kier alpha value is -6.07. The summed E-state index contributed by atoms with van der Waals surface area (Å²) in [5, 5.41) is 14.9. The predicted octanol–water partition coefficient (Wildman–Crippen LogP) is 10.9. The van der Waals surface area contributed by atoms with Crippen LogP contribution in [0.25, 0.3) is 22.5 Å². The number of aromatic amines is 1. The fourth-order valence-electron chi connectivity index (χ4n) is 7.24. The molecular weight excluding hydrogens is 778 g/mol. The number of anilines is 1. The van der Waals surface area contributed by atoms with E-state index < -0.39 is 29.3 Å². The molecule has 0 radical (unpaired) electrons. The fourth-order valence-corrected chi connectivity index (χ4v) is 7.41. The van der Waals surface area contributed by atoms with Gasteiger partial charge in [-0.15, -0.1) is 0 Å². The number of amides is 1. The first-order chi connectivity index (χ1) is 29.3. The van der Waals surface area contributed by atoms with Gasteiger partial charge in [-0.25, -0.2) is 14.3 Å². The summed E-state index contributed by atoms with van der Waals surface area (Å²) in [6, 6.07) is 30.7. The third-order valence-electron chi connectivity index (χ3n) is 10.3. The Balaban J connectivity index is 1.33. The van der Waals surface area contributed by atoms with Crippen LogP contribution in [0.1, 0.15) is 100 Å². The van der Waals surface area contributed by atoms with E-state index >= 15 is 0 Å². The highest BCUT2D eigenvalue weighted by molar-refractivity contribution is 6.31. The lowest BCUT2D eigenvalue weighted by atomic mass is 10.1. The molecule has 2 aromatic heterocycles. The number of Topliss-reactive ketones (excluding diaryl/α,β-unsaturated/α-hetero) is 1. The number of H-pyrrole nitrogens is 1. The summed E-state index contributed by atoms with van der Waals surface area (Å²) in [6.45, 7) is 4.43. The molecule has 0 aliphatic carbocycles. The number of ketones is 1. The van der Waals surface area contributed by atoms with Crippen LogP contribution in [-0.4, -0.2) is 49.1 Å². The van der Waals surface area contributed by atoms with Crippen LogP contribution in [0.2, 0.25) is 5.02 Å². The zero-order valence-electron chi connectivity index (χ0n) is 34.4. The fraction of sp³-hybridized carbons (Fsp3) is 0.333. The quantitative estimate of drug-likeness (QED) is 0.0332. The normalized spacial score (nSPS) is 11.7. The summed E-state index contributed by atoms with van der Waals surface area (Å²) in [4.78, 5) is 52.0. The number of nitrogens with zero attached hydrogens (tertiary/aromatic N) is 3. The maximum Gasteiger partial charge on any atom is 0.335 e. The van der Waals surface area contributed by atoms with Crippen LogP contribution in [-0.2, 0) is 11.3 Å². The molecular formula is C48H54ClN5O6. The molecule has 2 heterocycles. The SMILES string of the molecule is CCCCCCCCCCCCOc1ccc(Cl)cc1NC(=O)C(C(=O)c1nc(-c2ccccc2)c(-c2ccccc2)[nH]1)n1c(O)c(OCC)n(Cc2ccccc2)c1=O. The lowest BCUT2D eigenvalue weighted by Gasteiger charge is -2.18. The van der Waals surface area contributed by atoms with E-state index in [9.17, 15) is 19.5 Å². The molecule has 1 atom stereocenters. The number of hydrogen-bond donors (Lipinski definition) is 3. The number of hydrogen-bond acceptors (Lipinski definition) is 7. The average molecular weight is 832 g/mol. The summed E-state index contributed by atoms with van der Waals surface area (Å²) >= 11 is 6.45. The van der Waals surface area contributed by atoms with Gasteiger partial charge in [0.05, 0.1) is 36.8 Å². The number of rotatable bonds is 23. The maximum atomic E-state index is 15.0. The van der Waals surface area contributed by atoms with Crippen molar-refractivity contribution in [2.75, 3.05) is 18.5 Å². The molecule has 0 aliphatic rings. The van der Waals surface area contributed by atoms with Crippen molar-refractivity contribution in [1.29, 1.82) is 0 Å². The number of carbonyl (C=O) groups is 2. The number of imidazole rings is 2. The van der Waals surface area contributed by atoms with Crippen molar-refractivity contribution in [3.05, 3.63) is 136 Å². The van der Waals surface area contributed by atoms with E-state index in [1.807, 2.05) is 91.0 Å². The molecule has 6 rings (SSSR count). The van der Waals surface area contributed by atoms with Gasteiger partial charge in [0.2, 0.25) is 5.78 Å². The average Bonchev–Trinajstić information content (AvgIpc) is 3.81. The molecule has 0 fully saturated rings. The third-order valence-corrected chi connectivity index (χ3v) is 10.6. The molecule has 11 nitrogen and oxygen atoms in total. The van der Waals surface area contributed by atoms with Gasteiger partial charge >= 0.3 is 5.69 Å². The Bertz CT molecular complexity index is 2300. The van der Waals surface area contributed by atoms with E-state index in [2.05, 4.69) is 17.2 Å².